The van der Waals surface area contributed by atoms with Gasteiger partial charge >= 0.3 is 5.97 Å². The van der Waals surface area contributed by atoms with Gasteiger partial charge in [-0.2, -0.15) is 0 Å². The standard InChI is InChI=1S/C15H32N2O3/c1-7-13(3)17(11-12-19-5)10-9-15(4,16-8-2)14(18)20-6/h13,16H,7-12H2,1-6H3. The third-order valence-electron chi connectivity index (χ3n) is 3.90. The van der Waals surface area contributed by atoms with Gasteiger partial charge in [0.25, 0.3) is 0 Å². The molecule has 20 heavy (non-hydrogen) atoms. The molecule has 0 radical (unpaired) electrons. The van der Waals surface area contributed by atoms with Crippen molar-refractivity contribution >= 4 is 5.97 Å². The number of rotatable bonds is 11. The number of carbonyl (C=O) groups is 1. The van der Waals surface area contributed by atoms with E-state index in [0.29, 0.717) is 12.6 Å². The second kappa shape index (κ2) is 10.1. The van der Waals surface area contributed by atoms with Crippen LogP contribution in [0.3, 0.4) is 0 Å². The van der Waals surface area contributed by atoms with E-state index in [1.165, 1.54) is 7.11 Å². The molecule has 0 aromatic carbocycles. The number of likely N-dealkylation sites (N-methyl/N-ethyl adjacent to an activating group) is 1. The highest BCUT2D eigenvalue weighted by Gasteiger charge is 2.33. The smallest absolute Gasteiger partial charge is 0.325 e. The van der Waals surface area contributed by atoms with E-state index in [1.54, 1.807) is 7.11 Å². The molecule has 0 aliphatic heterocycles. The number of methoxy groups -OCH3 is 2. The molecular formula is C15H32N2O3. The molecule has 0 aromatic rings. The number of carbonyl (C=O) groups excluding carboxylic acids is 1. The normalized spacial score (nSPS) is 15.9. The highest BCUT2D eigenvalue weighted by Crippen LogP contribution is 2.15. The summed E-state index contributed by atoms with van der Waals surface area (Å²) in [5.74, 6) is -0.199. The van der Waals surface area contributed by atoms with Crippen LogP contribution in [-0.4, -0.2) is 62.9 Å². The molecule has 1 N–H and O–H groups in total. The van der Waals surface area contributed by atoms with Crippen molar-refractivity contribution in [1.29, 1.82) is 0 Å². The lowest BCUT2D eigenvalue weighted by Crippen LogP contribution is -2.52. The third-order valence-corrected chi connectivity index (χ3v) is 3.90. The largest absolute Gasteiger partial charge is 0.468 e. The quantitative estimate of drug-likeness (QED) is 0.586. The van der Waals surface area contributed by atoms with Gasteiger partial charge in [0.15, 0.2) is 0 Å². The van der Waals surface area contributed by atoms with Crippen LogP contribution in [0.2, 0.25) is 0 Å². The second-order valence-corrected chi connectivity index (χ2v) is 5.39. The van der Waals surface area contributed by atoms with Crippen molar-refractivity contribution in [2.75, 3.05) is 40.5 Å². The molecule has 2 unspecified atom stereocenters. The van der Waals surface area contributed by atoms with E-state index < -0.39 is 5.54 Å². The Bertz CT molecular complexity index is 274. The predicted octanol–water partition coefficient (Wildman–Crippen LogP) is 1.66. The molecule has 2 atom stereocenters. The number of hydrogen-bond acceptors (Lipinski definition) is 5. The lowest BCUT2D eigenvalue weighted by atomic mass is 9.97. The van der Waals surface area contributed by atoms with Crippen molar-refractivity contribution in [3.63, 3.8) is 0 Å². The lowest BCUT2D eigenvalue weighted by Gasteiger charge is -2.33. The summed E-state index contributed by atoms with van der Waals surface area (Å²) in [4.78, 5) is 14.3. The summed E-state index contributed by atoms with van der Waals surface area (Å²) in [5, 5.41) is 3.25. The van der Waals surface area contributed by atoms with Crippen molar-refractivity contribution < 1.29 is 14.3 Å². The van der Waals surface area contributed by atoms with Crippen molar-refractivity contribution in [2.45, 2.75) is 52.1 Å². The first kappa shape index (κ1) is 19.4. The molecule has 0 bridgehead atoms. The van der Waals surface area contributed by atoms with E-state index >= 15 is 0 Å². The fraction of sp³-hybridized carbons (Fsp3) is 0.933. The summed E-state index contributed by atoms with van der Waals surface area (Å²) in [6.45, 7) is 11.5. The maximum atomic E-state index is 12.0. The summed E-state index contributed by atoms with van der Waals surface area (Å²) in [5.41, 5.74) is -0.623. The SMILES string of the molecule is CCNC(C)(CCN(CCOC)C(C)CC)C(=O)OC. The van der Waals surface area contributed by atoms with Gasteiger partial charge in [0.05, 0.1) is 13.7 Å². The molecule has 0 heterocycles. The van der Waals surface area contributed by atoms with Crippen LogP contribution in [0.1, 0.15) is 40.5 Å². The van der Waals surface area contributed by atoms with Crippen LogP contribution >= 0.6 is 0 Å². The Balaban J connectivity index is 4.64. The van der Waals surface area contributed by atoms with Gasteiger partial charge < -0.3 is 14.8 Å². The maximum absolute atomic E-state index is 12.0. The number of nitrogens with one attached hydrogen (secondary N) is 1. The van der Waals surface area contributed by atoms with Crippen LogP contribution in [0.25, 0.3) is 0 Å². The minimum Gasteiger partial charge on any atom is -0.468 e. The van der Waals surface area contributed by atoms with Crippen LogP contribution in [0, 0.1) is 0 Å². The van der Waals surface area contributed by atoms with Crippen LogP contribution in [0.5, 0.6) is 0 Å². The minimum absolute atomic E-state index is 0.199. The van der Waals surface area contributed by atoms with Gasteiger partial charge in [0.2, 0.25) is 0 Å². The Morgan fingerprint density at radius 2 is 1.95 bits per heavy atom. The van der Waals surface area contributed by atoms with Gasteiger partial charge in [-0.15, -0.1) is 0 Å². The average Bonchev–Trinajstić information content (AvgIpc) is 2.45. The lowest BCUT2D eigenvalue weighted by molar-refractivity contribution is -0.148. The van der Waals surface area contributed by atoms with Gasteiger partial charge in [-0.1, -0.05) is 13.8 Å². The van der Waals surface area contributed by atoms with Crippen LogP contribution < -0.4 is 5.32 Å². The predicted molar refractivity (Wildman–Crippen MR) is 81.9 cm³/mol. The Morgan fingerprint density at radius 3 is 2.40 bits per heavy atom. The fourth-order valence-electron chi connectivity index (χ4n) is 2.26. The number of nitrogens with zero attached hydrogens (tertiary/aromatic N) is 1. The average molecular weight is 288 g/mol. The number of esters is 1. The monoisotopic (exact) mass is 288 g/mol. The summed E-state index contributed by atoms with van der Waals surface area (Å²) >= 11 is 0. The van der Waals surface area contributed by atoms with Crippen molar-refractivity contribution in [1.82, 2.24) is 10.2 Å². The fourth-order valence-corrected chi connectivity index (χ4v) is 2.26. The van der Waals surface area contributed by atoms with E-state index in [4.69, 9.17) is 9.47 Å². The van der Waals surface area contributed by atoms with Gasteiger partial charge in [-0.3, -0.25) is 9.69 Å². The van der Waals surface area contributed by atoms with E-state index in [0.717, 1.165) is 32.5 Å². The topological polar surface area (TPSA) is 50.8 Å². The molecule has 0 aromatic heterocycles. The van der Waals surface area contributed by atoms with E-state index in [9.17, 15) is 4.79 Å². The van der Waals surface area contributed by atoms with Crippen molar-refractivity contribution in [3.05, 3.63) is 0 Å². The Hall–Kier alpha value is -0.650. The first-order chi connectivity index (χ1) is 9.45. The molecule has 0 fully saturated rings. The molecule has 0 amide bonds. The molecule has 0 aliphatic carbocycles. The third kappa shape index (κ3) is 6.20. The van der Waals surface area contributed by atoms with Crippen LogP contribution in [0.15, 0.2) is 0 Å². The molecule has 0 rings (SSSR count). The minimum atomic E-state index is -0.623. The zero-order chi connectivity index (χ0) is 15.6. The highest BCUT2D eigenvalue weighted by molar-refractivity contribution is 5.80. The first-order valence-corrected chi connectivity index (χ1v) is 7.51. The molecule has 0 saturated heterocycles. The Labute approximate surface area is 124 Å². The summed E-state index contributed by atoms with van der Waals surface area (Å²) in [6.07, 6.45) is 1.81. The molecular weight excluding hydrogens is 256 g/mol. The number of hydrogen-bond donors (Lipinski definition) is 1. The maximum Gasteiger partial charge on any atom is 0.325 e. The van der Waals surface area contributed by atoms with E-state index in [-0.39, 0.29) is 5.97 Å². The summed E-state index contributed by atoms with van der Waals surface area (Å²) < 4.78 is 10.1. The zero-order valence-corrected chi connectivity index (χ0v) is 14.0. The first-order valence-electron chi connectivity index (χ1n) is 7.51. The van der Waals surface area contributed by atoms with Gasteiger partial charge in [-0.05, 0) is 33.2 Å². The molecule has 5 nitrogen and oxygen atoms in total. The highest BCUT2D eigenvalue weighted by atomic mass is 16.5. The Morgan fingerprint density at radius 1 is 1.30 bits per heavy atom. The summed E-state index contributed by atoms with van der Waals surface area (Å²) in [7, 11) is 3.15. The van der Waals surface area contributed by atoms with E-state index in [1.807, 2.05) is 13.8 Å². The molecule has 5 heteroatoms. The van der Waals surface area contributed by atoms with Crippen molar-refractivity contribution in [2.24, 2.45) is 0 Å². The van der Waals surface area contributed by atoms with Gasteiger partial charge in [0, 0.05) is 26.2 Å². The van der Waals surface area contributed by atoms with Gasteiger partial charge in [0.1, 0.15) is 5.54 Å². The Kier molecular flexibility index (Phi) is 9.80. The molecule has 0 spiro atoms. The van der Waals surface area contributed by atoms with Crippen LogP contribution in [-0.2, 0) is 14.3 Å². The molecule has 0 saturated carbocycles. The van der Waals surface area contributed by atoms with Gasteiger partial charge in [-0.25, -0.2) is 0 Å². The zero-order valence-electron chi connectivity index (χ0n) is 14.0. The summed E-state index contributed by atoms with van der Waals surface area (Å²) in [6, 6.07) is 0.480. The van der Waals surface area contributed by atoms with E-state index in [2.05, 4.69) is 24.1 Å². The van der Waals surface area contributed by atoms with Crippen molar-refractivity contribution in [3.8, 4) is 0 Å². The molecule has 0 aliphatic rings. The van der Waals surface area contributed by atoms with Crippen LogP contribution in [0.4, 0.5) is 0 Å². The number of ether oxygens (including phenoxy) is 2. The second-order valence-electron chi connectivity index (χ2n) is 5.39. The molecule has 120 valence electrons.